The lowest BCUT2D eigenvalue weighted by Crippen LogP contribution is -2.22. The maximum atomic E-state index is 10.6. The minimum absolute atomic E-state index is 0.290. The van der Waals surface area contributed by atoms with Gasteiger partial charge in [0.1, 0.15) is 6.42 Å². The second-order valence-corrected chi connectivity index (χ2v) is 3.24. The van der Waals surface area contributed by atoms with Crippen LogP contribution in [0.25, 0.3) is 0 Å². The number of aliphatic carboxylic acids is 2. The van der Waals surface area contributed by atoms with E-state index in [1.54, 1.807) is 13.8 Å². The number of hydrogen-bond acceptors (Lipinski definition) is 7. The Kier molecular flexibility index (Phi) is 12.0. The quantitative estimate of drug-likeness (QED) is 0.413. The van der Waals surface area contributed by atoms with Crippen molar-refractivity contribution in [2.24, 2.45) is 0 Å². The van der Waals surface area contributed by atoms with Crippen LogP contribution < -0.4 is 0 Å². The maximum absolute atomic E-state index is 10.6. The number of esters is 2. The van der Waals surface area contributed by atoms with Crippen LogP contribution in [0, 0.1) is 0 Å². The molecule has 9 nitrogen and oxygen atoms in total. The molecule has 0 rings (SSSR count). The number of carboxylic acids is 2. The molecule has 20 heavy (non-hydrogen) atoms. The summed E-state index contributed by atoms with van der Waals surface area (Å²) in [4.78, 5) is 40.6. The highest BCUT2D eigenvalue weighted by atomic mass is 16.6. The van der Waals surface area contributed by atoms with Crippen LogP contribution in [0.4, 0.5) is 0 Å². The Balaban J connectivity index is 0. The monoisotopic (exact) mass is 294 g/mol. The molecule has 116 valence electrons. The van der Waals surface area contributed by atoms with Gasteiger partial charge in [0, 0.05) is 0 Å². The Bertz CT molecular complexity index is 321. The zero-order valence-corrected chi connectivity index (χ0v) is 11.2. The van der Waals surface area contributed by atoms with E-state index in [0.29, 0.717) is 0 Å². The van der Waals surface area contributed by atoms with Crippen LogP contribution in [0.3, 0.4) is 0 Å². The highest BCUT2D eigenvalue weighted by molar-refractivity contribution is 5.91. The van der Waals surface area contributed by atoms with Crippen molar-refractivity contribution < 1.29 is 44.0 Å². The summed E-state index contributed by atoms with van der Waals surface area (Å²) in [5.74, 6) is -3.92. The molecule has 9 heteroatoms. The first-order valence-corrected chi connectivity index (χ1v) is 5.68. The van der Waals surface area contributed by atoms with Crippen LogP contribution in [0.5, 0.6) is 0 Å². The van der Waals surface area contributed by atoms with Gasteiger partial charge in [0.2, 0.25) is 0 Å². The molecule has 0 spiro atoms. The maximum Gasteiger partial charge on any atom is 0.333 e. The molecule has 0 aliphatic heterocycles. The van der Waals surface area contributed by atoms with Crippen LogP contribution in [0.15, 0.2) is 0 Å². The standard InChI is InChI=1S/C7H12O4.C4H6O5/c1-3-10-6(8)5-7(9)11-4-2;5-2(4(8)9)1-3(6)7/h3-5H2,1-2H3;2,5H,1H2,(H,6,7)(H,8,9). The van der Waals surface area contributed by atoms with Crippen LogP contribution in [0.1, 0.15) is 26.7 Å². The normalized spacial score (nSPS) is 10.6. The van der Waals surface area contributed by atoms with E-state index in [-0.39, 0.29) is 19.6 Å². The lowest BCUT2D eigenvalue weighted by molar-refractivity contribution is -0.154. The van der Waals surface area contributed by atoms with E-state index in [2.05, 4.69) is 9.47 Å². The molecule has 0 saturated heterocycles. The van der Waals surface area contributed by atoms with Gasteiger partial charge < -0.3 is 24.8 Å². The highest BCUT2D eigenvalue weighted by Gasteiger charge is 2.16. The first-order valence-electron chi connectivity index (χ1n) is 5.68. The third kappa shape index (κ3) is 13.9. The molecule has 0 bridgehead atoms. The van der Waals surface area contributed by atoms with E-state index in [1.807, 2.05) is 0 Å². The van der Waals surface area contributed by atoms with Crippen LogP contribution in [0.2, 0.25) is 0 Å². The molecule has 0 saturated carbocycles. The van der Waals surface area contributed by atoms with E-state index in [9.17, 15) is 19.2 Å². The van der Waals surface area contributed by atoms with Crippen molar-refractivity contribution >= 4 is 23.9 Å². The van der Waals surface area contributed by atoms with Gasteiger partial charge in [0.05, 0.1) is 19.6 Å². The summed E-state index contributed by atoms with van der Waals surface area (Å²) in [6.45, 7) is 3.95. The Morgan fingerprint density at radius 1 is 0.950 bits per heavy atom. The van der Waals surface area contributed by atoms with Crippen molar-refractivity contribution in [1.29, 1.82) is 0 Å². The molecule has 0 aliphatic carbocycles. The summed E-state index contributed by atoms with van der Waals surface area (Å²) >= 11 is 0. The zero-order valence-electron chi connectivity index (χ0n) is 11.2. The summed E-state index contributed by atoms with van der Waals surface area (Å²) in [7, 11) is 0. The highest BCUT2D eigenvalue weighted by Crippen LogP contribution is 1.90. The fraction of sp³-hybridized carbons (Fsp3) is 0.636. The molecule has 1 atom stereocenters. The lowest BCUT2D eigenvalue weighted by Gasteiger charge is -2.00. The Morgan fingerprint density at radius 3 is 1.55 bits per heavy atom. The Labute approximate surface area is 115 Å². The van der Waals surface area contributed by atoms with E-state index in [0.717, 1.165) is 0 Å². The summed E-state index contributed by atoms with van der Waals surface area (Å²) < 4.78 is 9.04. The van der Waals surface area contributed by atoms with Crippen LogP contribution in [-0.4, -0.2) is 58.5 Å². The summed E-state index contributed by atoms with van der Waals surface area (Å²) in [5.41, 5.74) is 0. The first kappa shape index (κ1) is 20.2. The van der Waals surface area contributed by atoms with Crippen molar-refractivity contribution in [3.63, 3.8) is 0 Å². The second kappa shape index (κ2) is 11.9. The minimum Gasteiger partial charge on any atom is -0.481 e. The average molecular weight is 294 g/mol. The fourth-order valence-corrected chi connectivity index (χ4v) is 0.795. The van der Waals surface area contributed by atoms with Crippen molar-refractivity contribution in [1.82, 2.24) is 0 Å². The van der Waals surface area contributed by atoms with Crippen molar-refractivity contribution in [2.45, 2.75) is 32.8 Å². The number of carbonyl (C=O) groups excluding carboxylic acids is 2. The SMILES string of the molecule is CCOC(=O)CC(=O)OCC.O=C(O)CC(O)C(=O)O. The number of aliphatic hydroxyl groups is 1. The molecule has 0 aromatic rings. The van der Waals surface area contributed by atoms with Gasteiger partial charge in [0.15, 0.2) is 6.10 Å². The molecule has 0 amide bonds. The zero-order chi connectivity index (χ0) is 16.1. The molecular weight excluding hydrogens is 276 g/mol. The number of ether oxygens (including phenoxy) is 2. The van der Waals surface area contributed by atoms with Gasteiger partial charge in [-0.3, -0.25) is 14.4 Å². The van der Waals surface area contributed by atoms with Gasteiger partial charge in [0.25, 0.3) is 0 Å². The molecule has 0 heterocycles. The van der Waals surface area contributed by atoms with Crippen LogP contribution >= 0.6 is 0 Å². The average Bonchev–Trinajstić information content (AvgIpc) is 2.29. The van der Waals surface area contributed by atoms with Gasteiger partial charge in [-0.05, 0) is 13.8 Å². The molecule has 1 unspecified atom stereocenters. The van der Waals surface area contributed by atoms with Crippen LogP contribution in [-0.2, 0) is 28.7 Å². The molecule has 0 aliphatic rings. The number of carbonyl (C=O) groups is 4. The van der Waals surface area contributed by atoms with Gasteiger partial charge in [-0.1, -0.05) is 0 Å². The Morgan fingerprint density at radius 2 is 1.35 bits per heavy atom. The number of carboxylic acid groups (broad SMARTS) is 2. The summed E-state index contributed by atoms with van der Waals surface area (Å²) in [6, 6.07) is 0. The third-order valence-corrected chi connectivity index (χ3v) is 1.55. The predicted molar refractivity (Wildman–Crippen MR) is 63.8 cm³/mol. The molecule has 0 aromatic carbocycles. The summed E-state index contributed by atoms with van der Waals surface area (Å²) in [6.07, 6.45) is -2.83. The predicted octanol–water partition coefficient (Wildman–Crippen LogP) is -0.591. The number of aliphatic hydroxyl groups excluding tert-OH is 1. The molecule has 0 aromatic heterocycles. The molecule has 3 N–H and O–H groups in total. The van der Waals surface area contributed by atoms with E-state index >= 15 is 0 Å². The summed E-state index contributed by atoms with van der Waals surface area (Å²) in [5, 5.41) is 24.1. The molecular formula is C11H18O9. The fourth-order valence-electron chi connectivity index (χ4n) is 0.795. The lowest BCUT2D eigenvalue weighted by atomic mass is 10.3. The Hall–Kier alpha value is -2.16. The van der Waals surface area contributed by atoms with Gasteiger partial charge in [-0.2, -0.15) is 0 Å². The van der Waals surface area contributed by atoms with Crippen molar-refractivity contribution in [2.75, 3.05) is 13.2 Å². The smallest absolute Gasteiger partial charge is 0.333 e. The van der Waals surface area contributed by atoms with Gasteiger partial charge in [-0.25, -0.2) is 4.79 Å². The topological polar surface area (TPSA) is 147 Å². The number of rotatable bonds is 7. The van der Waals surface area contributed by atoms with Crippen molar-refractivity contribution in [3.8, 4) is 0 Å². The van der Waals surface area contributed by atoms with Gasteiger partial charge in [-0.15, -0.1) is 0 Å². The second-order valence-electron chi connectivity index (χ2n) is 3.24. The number of hydrogen-bond donors (Lipinski definition) is 3. The molecule has 0 radical (unpaired) electrons. The third-order valence-electron chi connectivity index (χ3n) is 1.55. The first-order chi connectivity index (χ1) is 9.24. The van der Waals surface area contributed by atoms with Crippen molar-refractivity contribution in [3.05, 3.63) is 0 Å². The van der Waals surface area contributed by atoms with Gasteiger partial charge >= 0.3 is 23.9 Å². The van der Waals surface area contributed by atoms with E-state index in [4.69, 9.17) is 15.3 Å². The largest absolute Gasteiger partial charge is 0.481 e. The minimum atomic E-state index is -1.79. The molecule has 0 fully saturated rings. The van der Waals surface area contributed by atoms with E-state index < -0.39 is 36.4 Å². The van der Waals surface area contributed by atoms with E-state index in [1.165, 1.54) is 0 Å².